The van der Waals surface area contributed by atoms with Gasteiger partial charge in [-0.25, -0.2) is 14.7 Å². The van der Waals surface area contributed by atoms with E-state index in [-0.39, 0.29) is 24.5 Å². The lowest BCUT2D eigenvalue weighted by Gasteiger charge is -2.27. The number of carboxylic acid groups (broad SMARTS) is 1. The lowest BCUT2D eigenvalue weighted by atomic mass is 9.89. The van der Waals surface area contributed by atoms with Crippen LogP contribution in [0, 0.1) is 11.8 Å². The fourth-order valence-corrected chi connectivity index (χ4v) is 3.79. The maximum Gasteiger partial charge on any atom is 0.303 e. The molecule has 2 fully saturated rings. The monoisotopic (exact) mass is 368 g/mol. The molecule has 6 nitrogen and oxygen atoms in total. The van der Waals surface area contributed by atoms with Gasteiger partial charge in [-0.15, -0.1) is 0 Å². The molecule has 2 aliphatic rings. The number of allylic oxidation sites excluding steroid dienone is 2. The molecule has 26 heavy (non-hydrogen) atoms. The molecule has 0 aromatic rings. The van der Waals surface area contributed by atoms with Crippen LogP contribution in [-0.4, -0.2) is 34.6 Å². The van der Waals surface area contributed by atoms with Crippen molar-refractivity contribution in [1.82, 2.24) is 0 Å². The predicted molar refractivity (Wildman–Crippen MR) is 97.4 cm³/mol. The molecule has 1 saturated heterocycles. The Hall–Kier alpha value is -1.21. The third-order valence-electron chi connectivity index (χ3n) is 5.28. The molecular formula is C20H32O6. The quantitative estimate of drug-likeness (QED) is 0.215. The average molecular weight is 368 g/mol. The Morgan fingerprint density at radius 2 is 2.04 bits per heavy atom. The standard InChI is InChI=1S/C20H32O6/c1-2-3-4-5-6-7-10-16-17(19-14-18(16)25-26-19)13-12-15(24-23)9-8-11-20(21)22/h6-7,12-13,15-19,23H,2-5,8-11,14H2,1H3,(H,21,22). The molecule has 2 rings (SSSR count). The van der Waals surface area contributed by atoms with Crippen LogP contribution in [0.2, 0.25) is 0 Å². The summed E-state index contributed by atoms with van der Waals surface area (Å²) in [5.74, 6) is -0.243. The summed E-state index contributed by atoms with van der Waals surface area (Å²) < 4.78 is 0. The van der Waals surface area contributed by atoms with Gasteiger partial charge in [0.1, 0.15) is 12.2 Å². The fourth-order valence-electron chi connectivity index (χ4n) is 3.79. The van der Waals surface area contributed by atoms with E-state index in [1.54, 1.807) is 0 Å². The summed E-state index contributed by atoms with van der Waals surface area (Å²) in [6, 6.07) is 0. The lowest BCUT2D eigenvalue weighted by Crippen LogP contribution is -2.29. The molecule has 5 unspecified atom stereocenters. The zero-order chi connectivity index (χ0) is 18.8. The Morgan fingerprint density at radius 3 is 2.77 bits per heavy atom. The van der Waals surface area contributed by atoms with Crippen molar-refractivity contribution in [2.24, 2.45) is 11.8 Å². The van der Waals surface area contributed by atoms with Gasteiger partial charge in [-0.1, -0.05) is 44.1 Å². The first-order chi connectivity index (χ1) is 12.7. The summed E-state index contributed by atoms with van der Waals surface area (Å²) in [5, 5.41) is 17.7. The van der Waals surface area contributed by atoms with Gasteiger partial charge in [0.2, 0.25) is 0 Å². The van der Waals surface area contributed by atoms with Gasteiger partial charge in [0.05, 0.1) is 6.10 Å². The fraction of sp³-hybridized carbons (Fsp3) is 0.750. The van der Waals surface area contributed by atoms with Crippen LogP contribution in [-0.2, 0) is 19.5 Å². The Kier molecular flexibility index (Phi) is 9.32. The normalized spacial score (nSPS) is 29.2. The molecule has 148 valence electrons. The highest BCUT2D eigenvalue weighted by molar-refractivity contribution is 5.66. The Labute approximate surface area is 155 Å². The number of rotatable bonds is 13. The van der Waals surface area contributed by atoms with Crippen molar-refractivity contribution in [3.05, 3.63) is 24.3 Å². The minimum absolute atomic E-state index is 0.0492. The van der Waals surface area contributed by atoms with Gasteiger partial charge in [-0.2, -0.15) is 0 Å². The molecule has 1 heterocycles. The molecule has 1 saturated carbocycles. The summed E-state index contributed by atoms with van der Waals surface area (Å²) in [5.41, 5.74) is 0. The third kappa shape index (κ3) is 6.50. The van der Waals surface area contributed by atoms with Crippen LogP contribution in [0.4, 0.5) is 0 Å². The highest BCUT2D eigenvalue weighted by Gasteiger charge is 2.49. The summed E-state index contributed by atoms with van der Waals surface area (Å²) in [7, 11) is 0. The van der Waals surface area contributed by atoms with Crippen LogP contribution >= 0.6 is 0 Å². The van der Waals surface area contributed by atoms with Crippen LogP contribution in [0.3, 0.4) is 0 Å². The molecule has 0 aromatic carbocycles. The number of aliphatic carboxylic acids is 1. The van der Waals surface area contributed by atoms with E-state index in [4.69, 9.17) is 20.1 Å². The predicted octanol–water partition coefficient (Wildman–Crippen LogP) is 4.52. The van der Waals surface area contributed by atoms with Crippen molar-refractivity contribution in [2.45, 2.75) is 83.0 Å². The van der Waals surface area contributed by atoms with Gasteiger partial charge in [-0.3, -0.25) is 10.1 Å². The van der Waals surface area contributed by atoms with Crippen LogP contribution in [0.25, 0.3) is 0 Å². The minimum Gasteiger partial charge on any atom is -0.481 e. The van der Waals surface area contributed by atoms with E-state index in [0.29, 0.717) is 18.8 Å². The van der Waals surface area contributed by atoms with Gasteiger partial charge in [0, 0.05) is 24.7 Å². The van der Waals surface area contributed by atoms with Crippen molar-refractivity contribution < 1.29 is 29.8 Å². The Bertz CT molecular complexity index is 475. The second-order valence-electron chi connectivity index (χ2n) is 7.26. The van der Waals surface area contributed by atoms with Crippen LogP contribution in [0.5, 0.6) is 0 Å². The molecule has 2 bridgehead atoms. The molecule has 0 spiro atoms. The van der Waals surface area contributed by atoms with E-state index in [9.17, 15) is 4.79 Å². The molecule has 5 atom stereocenters. The number of unbranched alkanes of at least 4 members (excludes halogenated alkanes) is 3. The summed E-state index contributed by atoms with van der Waals surface area (Å²) in [4.78, 5) is 25.8. The van der Waals surface area contributed by atoms with Gasteiger partial charge in [0.25, 0.3) is 0 Å². The van der Waals surface area contributed by atoms with Crippen LogP contribution in [0.1, 0.15) is 64.7 Å². The molecule has 0 amide bonds. The highest BCUT2D eigenvalue weighted by atomic mass is 17.2. The number of hydrogen-bond donors (Lipinski definition) is 2. The molecular weight excluding hydrogens is 336 g/mol. The van der Waals surface area contributed by atoms with Gasteiger partial charge in [0.15, 0.2) is 0 Å². The van der Waals surface area contributed by atoms with Crippen molar-refractivity contribution in [1.29, 1.82) is 0 Å². The molecule has 1 aliphatic carbocycles. The smallest absolute Gasteiger partial charge is 0.303 e. The van der Waals surface area contributed by atoms with E-state index in [0.717, 1.165) is 19.3 Å². The zero-order valence-corrected chi connectivity index (χ0v) is 15.6. The number of fused-ring (bicyclic) bond motifs is 2. The second-order valence-corrected chi connectivity index (χ2v) is 7.26. The Balaban J connectivity index is 1.83. The number of hydrogen-bond acceptors (Lipinski definition) is 5. The van der Waals surface area contributed by atoms with Gasteiger partial charge < -0.3 is 5.11 Å². The first-order valence-corrected chi connectivity index (χ1v) is 9.83. The number of carboxylic acids is 1. The summed E-state index contributed by atoms with van der Waals surface area (Å²) >= 11 is 0. The minimum atomic E-state index is -0.838. The zero-order valence-electron chi connectivity index (χ0n) is 15.6. The van der Waals surface area contributed by atoms with Crippen molar-refractivity contribution in [3.8, 4) is 0 Å². The SMILES string of the molecule is CCCCCC=CCC1C2CC(OO2)C1C=CC(CCCC(=O)O)OO. The van der Waals surface area contributed by atoms with Crippen molar-refractivity contribution in [3.63, 3.8) is 0 Å². The molecule has 6 heteroatoms. The molecule has 0 radical (unpaired) electrons. The topological polar surface area (TPSA) is 85.2 Å². The first kappa shape index (κ1) is 21.1. The third-order valence-corrected chi connectivity index (χ3v) is 5.28. The first-order valence-electron chi connectivity index (χ1n) is 9.83. The second kappa shape index (κ2) is 11.5. The summed E-state index contributed by atoms with van der Waals surface area (Å²) in [6.45, 7) is 2.21. The van der Waals surface area contributed by atoms with E-state index in [1.807, 2.05) is 12.2 Å². The van der Waals surface area contributed by atoms with Crippen molar-refractivity contribution in [2.75, 3.05) is 0 Å². The molecule has 0 aromatic heterocycles. The average Bonchev–Trinajstić information content (AvgIpc) is 3.22. The molecule has 2 N–H and O–H groups in total. The maximum absolute atomic E-state index is 10.6. The van der Waals surface area contributed by atoms with Gasteiger partial charge >= 0.3 is 5.97 Å². The Morgan fingerprint density at radius 1 is 1.23 bits per heavy atom. The van der Waals surface area contributed by atoms with Crippen molar-refractivity contribution >= 4 is 5.97 Å². The lowest BCUT2D eigenvalue weighted by molar-refractivity contribution is -0.336. The van der Waals surface area contributed by atoms with Crippen LogP contribution < -0.4 is 0 Å². The highest BCUT2D eigenvalue weighted by Crippen LogP contribution is 2.44. The number of carbonyl (C=O) groups is 1. The van der Waals surface area contributed by atoms with Crippen LogP contribution in [0.15, 0.2) is 24.3 Å². The van der Waals surface area contributed by atoms with Gasteiger partial charge in [-0.05, 0) is 32.1 Å². The van der Waals surface area contributed by atoms with E-state index >= 15 is 0 Å². The largest absolute Gasteiger partial charge is 0.481 e. The maximum atomic E-state index is 10.6. The van der Waals surface area contributed by atoms with E-state index in [2.05, 4.69) is 24.0 Å². The summed E-state index contributed by atoms with van der Waals surface area (Å²) in [6.07, 6.45) is 15.8. The van der Waals surface area contributed by atoms with E-state index < -0.39 is 12.1 Å². The van der Waals surface area contributed by atoms with E-state index in [1.165, 1.54) is 19.3 Å². The molecule has 1 aliphatic heterocycles.